The molecular formula is C13H17IN2O. The number of hydrogen-bond acceptors (Lipinski definition) is 2. The zero-order valence-corrected chi connectivity index (χ0v) is 12.3. The number of halogens is 1. The molecule has 92 valence electrons. The fraction of sp³-hybridized carbons (Fsp3) is 0.462. The molecule has 1 N–H and O–H groups in total. The molecule has 0 aromatic heterocycles. The highest BCUT2D eigenvalue weighted by Crippen LogP contribution is 2.24. The van der Waals surface area contributed by atoms with Crippen molar-refractivity contribution in [1.82, 2.24) is 5.32 Å². The fourth-order valence-electron chi connectivity index (χ4n) is 2.15. The molecule has 2 rings (SSSR count). The molecule has 1 heterocycles. The number of hydrogen-bond donors (Lipinski definition) is 1. The lowest BCUT2D eigenvalue weighted by atomic mass is 10.0. The summed E-state index contributed by atoms with van der Waals surface area (Å²) >= 11 is 2.31. The van der Waals surface area contributed by atoms with Crippen LogP contribution < -0.4 is 10.2 Å². The summed E-state index contributed by atoms with van der Waals surface area (Å²) in [4.78, 5) is 14.1. The molecule has 1 unspecified atom stereocenters. The lowest BCUT2D eigenvalue weighted by Crippen LogP contribution is -2.49. The van der Waals surface area contributed by atoms with Crippen molar-refractivity contribution in [2.75, 3.05) is 18.5 Å². The van der Waals surface area contributed by atoms with E-state index in [1.54, 1.807) is 0 Å². The number of rotatable bonds is 2. The van der Waals surface area contributed by atoms with E-state index in [1.165, 1.54) is 9.13 Å². The Balaban J connectivity index is 2.26. The van der Waals surface area contributed by atoms with Crippen LogP contribution in [0.2, 0.25) is 0 Å². The van der Waals surface area contributed by atoms with Crippen LogP contribution in [0.3, 0.4) is 0 Å². The second-order valence-electron chi connectivity index (χ2n) is 4.41. The van der Waals surface area contributed by atoms with Crippen molar-refractivity contribution in [3.8, 4) is 0 Å². The van der Waals surface area contributed by atoms with Crippen LogP contribution >= 0.6 is 22.6 Å². The van der Waals surface area contributed by atoms with Crippen molar-refractivity contribution in [2.24, 2.45) is 0 Å². The molecule has 1 aromatic rings. The van der Waals surface area contributed by atoms with Gasteiger partial charge in [-0.05, 0) is 67.1 Å². The number of likely N-dealkylation sites (N-methyl/N-ethyl adjacent to an activating group) is 1. The second kappa shape index (κ2) is 5.35. The predicted molar refractivity (Wildman–Crippen MR) is 78.3 cm³/mol. The summed E-state index contributed by atoms with van der Waals surface area (Å²) in [5, 5.41) is 3.09. The summed E-state index contributed by atoms with van der Waals surface area (Å²) in [5.74, 6) is 0.193. The van der Waals surface area contributed by atoms with Gasteiger partial charge in [-0.3, -0.25) is 4.79 Å². The minimum atomic E-state index is -0.0253. The molecule has 1 aliphatic rings. The summed E-state index contributed by atoms with van der Waals surface area (Å²) in [6.07, 6.45) is 2.00. The van der Waals surface area contributed by atoms with Crippen molar-refractivity contribution < 1.29 is 4.79 Å². The molecule has 0 spiro atoms. The first-order chi connectivity index (χ1) is 8.13. The number of piperidine rings is 1. The third kappa shape index (κ3) is 2.63. The zero-order chi connectivity index (χ0) is 12.4. The Morgan fingerprint density at radius 2 is 2.24 bits per heavy atom. The third-order valence-electron chi connectivity index (χ3n) is 3.25. The number of benzene rings is 1. The van der Waals surface area contributed by atoms with Crippen LogP contribution in [0.25, 0.3) is 0 Å². The van der Waals surface area contributed by atoms with Crippen molar-refractivity contribution in [1.29, 1.82) is 0 Å². The Kier molecular flexibility index (Phi) is 4.04. The fourth-order valence-corrected chi connectivity index (χ4v) is 2.65. The van der Waals surface area contributed by atoms with Gasteiger partial charge in [0.05, 0.1) is 6.04 Å². The normalized spacial score (nSPS) is 20.8. The molecule has 0 bridgehead atoms. The SMILES string of the molecule is CNC1CCCN(c2ccc(C)c(I)c2)C1=O. The maximum absolute atomic E-state index is 12.2. The van der Waals surface area contributed by atoms with Gasteiger partial charge in [0.2, 0.25) is 5.91 Å². The molecule has 0 radical (unpaired) electrons. The molecule has 1 aliphatic heterocycles. The van der Waals surface area contributed by atoms with E-state index in [9.17, 15) is 4.79 Å². The highest BCUT2D eigenvalue weighted by molar-refractivity contribution is 14.1. The lowest BCUT2D eigenvalue weighted by molar-refractivity contribution is -0.121. The minimum absolute atomic E-state index is 0.0253. The number of anilines is 1. The predicted octanol–water partition coefficient (Wildman–Crippen LogP) is 2.31. The summed E-state index contributed by atoms with van der Waals surface area (Å²) in [5.41, 5.74) is 2.27. The summed E-state index contributed by atoms with van der Waals surface area (Å²) < 4.78 is 1.21. The van der Waals surface area contributed by atoms with Crippen molar-refractivity contribution >= 4 is 34.2 Å². The molecule has 1 atom stereocenters. The molecule has 0 aliphatic carbocycles. The van der Waals surface area contributed by atoms with Crippen LogP contribution in [-0.4, -0.2) is 25.5 Å². The van der Waals surface area contributed by atoms with Crippen molar-refractivity contribution in [3.63, 3.8) is 0 Å². The highest BCUT2D eigenvalue weighted by atomic mass is 127. The average molecular weight is 344 g/mol. The van der Waals surface area contributed by atoms with Crippen LogP contribution in [0, 0.1) is 10.5 Å². The molecule has 1 fully saturated rings. The van der Waals surface area contributed by atoms with E-state index in [1.807, 2.05) is 18.0 Å². The van der Waals surface area contributed by atoms with Gasteiger partial charge in [0.25, 0.3) is 0 Å². The molecule has 0 saturated carbocycles. The largest absolute Gasteiger partial charge is 0.311 e. The molecule has 4 heteroatoms. The third-order valence-corrected chi connectivity index (χ3v) is 4.42. The van der Waals surface area contributed by atoms with Crippen LogP contribution in [0.15, 0.2) is 18.2 Å². The standard InChI is InChI=1S/C13H17IN2O/c1-9-5-6-10(8-11(9)14)16-7-3-4-12(15-2)13(16)17/h5-6,8,12,15H,3-4,7H2,1-2H3. The van der Waals surface area contributed by atoms with Gasteiger partial charge in [-0.2, -0.15) is 0 Å². The number of nitrogens with zero attached hydrogens (tertiary/aromatic N) is 1. The topological polar surface area (TPSA) is 32.3 Å². The van der Waals surface area contributed by atoms with E-state index < -0.39 is 0 Å². The summed E-state index contributed by atoms with van der Waals surface area (Å²) in [6.45, 7) is 2.91. The van der Waals surface area contributed by atoms with E-state index in [4.69, 9.17) is 0 Å². The minimum Gasteiger partial charge on any atom is -0.311 e. The molecule has 1 aromatic carbocycles. The van der Waals surface area contributed by atoms with Crippen LogP contribution in [0.4, 0.5) is 5.69 Å². The van der Waals surface area contributed by atoms with Crippen LogP contribution in [0.5, 0.6) is 0 Å². The zero-order valence-electron chi connectivity index (χ0n) is 10.2. The Bertz CT molecular complexity index is 433. The maximum Gasteiger partial charge on any atom is 0.244 e. The second-order valence-corrected chi connectivity index (χ2v) is 5.57. The number of nitrogens with one attached hydrogen (secondary N) is 1. The summed E-state index contributed by atoms with van der Waals surface area (Å²) in [7, 11) is 1.85. The number of carbonyl (C=O) groups excluding carboxylic acids is 1. The van der Waals surface area contributed by atoms with Gasteiger partial charge in [0, 0.05) is 15.8 Å². The first-order valence-corrected chi connectivity index (χ1v) is 6.96. The average Bonchev–Trinajstić information content (AvgIpc) is 2.33. The van der Waals surface area contributed by atoms with E-state index in [2.05, 4.69) is 47.0 Å². The molecular weight excluding hydrogens is 327 g/mol. The van der Waals surface area contributed by atoms with E-state index in [0.717, 1.165) is 25.1 Å². The number of carbonyl (C=O) groups is 1. The van der Waals surface area contributed by atoms with Crippen LogP contribution in [-0.2, 0) is 4.79 Å². The molecule has 3 nitrogen and oxygen atoms in total. The Hall–Kier alpha value is -0.620. The quantitative estimate of drug-likeness (QED) is 0.836. The molecule has 1 saturated heterocycles. The van der Waals surface area contributed by atoms with Gasteiger partial charge in [-0.1, -0.05) is 6.07 Å². The van der Waals surface area contributed by atoms with Crippen molar-refractivity contribution in [3.05, 3.63) is 27.3 Å². The Labute approximate surface area is 116 Å². The molecule has 1 amide bonds. The number of amides is 1. The van der Waals surface area contributed by atoms with E-state index in [-0.39, 0.29) is 11.9 Å². The summed E-state index contributed by atoms with van der Waals surface area (Å²) in [6, 6.07) is 6.18. The van der Waals surface area contributed by atoms with Gasteiger partial charge >= 0.3 is 0 Å². The van der Waals surface area contributed by atoms with Gasteiger partial charge in [-0.25, -0.2) is 0 Å². The molecule has 17 heavy (non-hydrogen) atoms. The van der Waals surface area contributed by atoms with Gasteiger partial charge in [0.1, 0.15) is 0 Å². The first-order valence-electron chi connectivity index (χ1n) is 5.88. The van der Waals surface area contributed by atoms with Gasteiger partial charge in [-0.15, -0.1) is 0 Å². The van der Waals surface area contributed by atoms with E-state index >= 15 is 0 Å². The van der Waals surface area contributed by atoms with Crippen LogP contribution in [0.1, 0.15) is 18.4 Å². The maximum atomic E-state index is 12.2. The Morgan fingerprint density at radius 3 is 2.88 bits per heavy atom. The monoisotopic (exact) mass is 344 g/mol. The van der Waals surface area contributed by atoms with Gasteiger partial charge in [0.15, 0.2) is 0 Å². The van der Waals surface area contributed by atoms with E-state index in [0.29, 0.717) is 0 Å². The number of aryl methyl sites for hydroxylation is 1. The Morgan fingerprint density at radius 1 is 1.47 bits per heavy atom. The van der Waals surface area contributed by atoms with Gasteiger partial charge < -0.3 is 10.2 Å². The van der Waals surface area contributed by atoms with Crippen molar-refractivity contribution in [2.45, 2.75) is 25.8 Å². The first kappa shape index (κ1) is 12.8. The smallest absolute Gasteiger partial charge is 0.244 e. The lowest BCUT2D eigenvalue weighted by Gasteiger charge is -2.32. The highest BCUT2D eigenvalue weighted by Gasteiger charge is 2.28.